The average molecular weight is 600 g/mol. The zero-order valence-corrected chi connectivity index (χ0v) is 24.2. The Balaban J connectivity index is 1.53. The third-order valence-corrected chi connectivity index (χ3v) is 9.05. The summed E-state index contributed by atoms with van der Waals surface area (Å²) in [6, 6.07) is 19.5. The van der Waals surface area contributed by atoms with Crippen LogP contribution in [-0.4, -0.2) is 39.3 Å². The molecule has 0 spiro atoms. The zero-order chi connectivity index (χ0) is 29.1. The first-order valence-corrected chi connectivity index (χ1v) is 15.2. The number of anilines is 3. The maximum absolute atomic E-state index is 13.5. The molecule has 3 aromatic carbocycles. The Kier molecular flexibility index (Phi) is 8.43. The summed E-state index contributed by atoms with van der Waals surface area (Å²) in [4.78, 5) is 21.1. The smallest absolute Gasteiger partial charge is 0.264 e. The average Bonchev–Trinajstić information content (AvgIpc) is 2.87. The van der Waals surface area contributed by atoms with E-state index in [9.17, 15) is 21.6 Å². The van der Waals surface area contributed by atoms with Gasteiger partial charge in [-0.25, -0.2) is 31.5 Å². The number of aromatic nitrogens is 2. The van der Waals surface area contributed by atoms with Crippen molar-refractivity contribution in [1.82, 2.24) is 9.97 Å². The van der Waals surface area contributed by atoms with Crippen LogP contribution in [0.25, 0.3) is 0 Å². The highest BCUT2D eigenvalue weighted by Crippen LogP contribution is 2.26. The van der Waals surface area contributed by atoms with Crippen molar-refractivity contribution in [3.8, 4) is 0 Å². The van der Waals surface area contributed by atoms with Gasteiger partial charge in [0, 0.05) is 22.1 Å². The normalized spacial score (nSPS) is 11.6. The Labute approximate surface area is 238 Å². The van der Waals surface area contributed by atoms with E-state index in [0.29, 0.717) is 16.4 Å². The first-order valence-electron chi connectivity index (χ1n) is 11.9. The summed E-state index contributed by atoms with van der Waals surface area (Å²) in [6.45, 7) is 4.75. The molecule has 0 radical (unpaired) electrons. The topological polar surface area (TPSA) is 138 Å². The molecule has 0 atom stereocenters. The summed E-state index contributed by atoms with van der Waals surface area (Å²) in [7, 11) is -8.09. The highest BCUT2D eigenvalue weighted by Gasteiger charge is 2.27. The standard InChI is InChI=1S/C27H26ClN5O5S2/c1-18-4-12-25(13-5-18)40(37,38)33(23-10-6-21(28)7-11-23)17-26(34)31-22-8-14-24(15-9-22)39(35,36)32-27-29-19(2)16-20(3)30-27/h4-16H,17H2,1-3H3,(H,31,34)(H,29,30,32). The second-order valence-electron chi connectivity index (χ2n) is 8.95. The number of nitrogens with zero attached hydrogens (tertiary/aromatic N) is 3. The molecule has 0 aliphatic rings. The molecule has 0 aliphatic heterocycles. The van der Waals surface area contributed by atoms with Crippen LogP contribution in [0.5, 0.6) is 0 Å². The third kappa shape index (κ3) is 6.95. The van der Waals surface area contributed by atoms with Gasteiger partial charge in [0.25, 0.3) is 20.0 Å². The molecule has 0 saturated carbocycles. The molecule has 0 fully saturated rings. The van der Waals surface area contributed by atoms with Gasteiger partial charge in [-0.15, -0.1) is 0 Å². The lowest BCUT2D eigenvalue weighted by atomic mass is 10.2. The molecule has 13 heteroatoms. The molecule has 0 unspecified atom stereocenters. The fourth-order valence-corrected chi connectivity index (χ4v) is 6.25. The van der Waals surface area contributed by atoms with Gasteiger partial charge in [0.2, 0.25) is 11.9 Å². The van der Waals surface area contributed by atoms with Gasteiger partial charge in [0.1, 0.15) is 6.54 Å². The number of halogens is 1. The van der Waals surface area contributed by atoms with E-state index in [1.165, 1.54) is 60.7 Å². The van der Waals surface area contributed by atoms with E-state index in [-0.39, 0.29) is 27.1 Å². The van der Waals surface area contributed by atoms with E-state index in [0.717, 1.165) is 9.87 Å². The number of aryl methyl sites for hydroxylation is 3. The second-order valence-corrected chi connectivity index (χ2v) is 12.9. The van der Waals surface area contributed by atoms with Crippen LogP contribution >= 0.6 is 11.6 Å². The van der Waals surface area contributed by atoms with Gasteiger partial charge >= 0.3 is 0 Å². The molecule has 208 valence electrons. The van der Waals surface area contributed by atoms with E-state index >= 15 is 0 Å². The summed E-state index contributed by atoms with van der Waals surface area (Å²) in [5, 5.41) is 3.03. The van der Waals surface area contributed by atoms with Gasteiger partial charge in [0.05, 0.1) is 15.5 Å². The molecule has 40 heavy (non-hydrogen) atoms. The minimum atomic E-state index is -4.10. The van der Waals surface area contributed by atoms with E-state index < -0.39 is 32.5 Å². The lowest BCUT2D eigenvalue weighted by molar-refractivity contribution is -0.114. The van der Waals surface area contributed by atoms with E-state index in [1.54, 1.807) is 32.0 Å². The summed E-state index contributed by atoms with van der Waals surface area (Å²) >= 11 is 5.98. The van der Waals surface area contributed by atoms with Gasteiger partial charge in [-0.3, -0.25) is 9.10 Å². The van der Waals surface area contributed by atoms with Crippen molar-refractivity contribution in [2.45, 2.75) is 30.6 Å². The molecule has 1 heterocycles. The molecule has 1 aromatic heterocycles. The molecule has 1 amide bonds. The van der Waals surface area contributed by atoms with Crippen LogP contribution in [0.3, 0.4) is 0 Å². The van der Waals surface area contributed by atoms with Crippen molar-refractivity contribution in [1.29, 1.82) is 0 Å². The number of carbonyl (C=O) groups is 1. The number of benzene rings is 3. The van der Waals surface area contributed by atoms with Crippen LogP contribution in [0, 0.1) is 20.8 Å². The van der Waals surface area contributed by atoms with E-state index in [1.807, 2.05) is 6.92 Å². The number of nitrogens with one attached hydrogen (secondary N) is 2. The predicted molar refractivity (Wildman–Crippen MR) is 155 cm³/mol. The Bertz CT molecular complexity index is 1720. The fraction of sp³-hybridized carbons (Fsp3) is 0.148. The Morgan fingerprint density at radius 1 is 0.800 bits per heavy atom. The third-order valence-electron chi connectivity index (χ3n) is 5.67. The molecule has 4 rings (SSSR count). The maximum atomic E-state index is 13.5. The Morgan fingerprint density at radius 2 is 1.35 bits per heavy atom. The van der Waals surface area contributed by atoms with Gasteiger partial charge in [-0.05, 0) is 87.5 Å². The minimum absolute atomic E-state index is 0.0238. The van der Waals surface area contributed by atoms with Crippen LogP contribution in [0.4, 0.5) is 17.3 Å². The Morgan fingerprint density at radius 3 is 1.93 bits per heavy atom. The highest BCUT2D eigenvalue weighted by atomic mass is 35.5. The lowest BCUT2D eigenvalue weighted by Crippen LogP contribution is -2.38. The van der Waals surface area contributed by atoms with Crippen molar-refractivity contribution in [3.05, 3.63) is 101 Å². The number of hydrogen-bond donors (Lipinski definition) is 2. The first-order chi connectivity index (χ1) is 18.8. The minimum Gasteiger partial charge on any atom is -0.325 e. The summed E-state index contributed by atoms with van der Waals surface area (Å²) in [5.74, 6) is -0.685. The van der Waals surface area contributed by atoms with Crippen molar-refractivity contribution in [3.63, 3.8) is 0 Å². The Hall–Kier alpha value is -4.00. The molecule has 0 bridgehead atoms. The summed E-state index contributed by atoms with van der Waals surface area (Å²) < 4.78 is 55.9. The van der Waals surface area contributed by atoms with Crippen LogP contribution in [-0.2, 0) is 24.8 Å². The van der Waals surface area contributed by atoms with E-state index in [2.05, 4.69) is 20.0 Å². The largest absolute Gasteiger partial charge is 0.325 e. The zero-order valence-electron chi connectivity index (χ0n) is 21.8. The van der Waals surface area contributed by atoms with E-state index in [4.69, 9.17) is 11.6 Å². The van der Waals surface area contributed by atoms with Crippen molar-refractivity contribution < 1.29 is 21.6 Å². The van der Waals surface area contributed by atoms with Gasteiger partial charge in [-0.2, -0.15) is 0 Å². The molecular weight excluding hydrogens is 574 g/mol. The SMILES string of the molecule is Cc1ccc(S(=O)(=O)N(CC(=O)Nc2ccc(S(=O)(=O)Nc3nc(C)cc(C)n3)cc2)c2ccc(Cl)cc2)cc1. The quantitative estimate of drug-likeness (QED) is 0.284. The van der Waals surface area contributed by atoms with Crippen molar-refractivity contribution in [2.75, 3.05) is 20.9 Å². The van der Waals surface area contributed by atoms with Crippen LogP contribution in [0.15, 0.2) is 88.7 Å². The molecule has 0 aliphatic carbocycles. The van der Waals surface area contributed by atoms with Crippen molar-refractivity contribution in [2.24, 2.45) is 0 Å². The number of hydrogen-bond acceptors (Lipinski definition) is 7. The van der Waals surface area contributed by atoms with Gasteiger partial charge in [-0.1, -0.05) is 29.3 Å². The lowest BCUT2D eigenvalue weighted by Gasteiger charge is -2.24. The molecular formula is C27H26ClN5O5S2. The highest BCUT2D eigenvalue weighted by molar-refractivity contribution is 7.93. The van der Waals surface area contributed by atoms with Crippen LogP contribution in [0.1, 0.15) is 17.0 Å². The molecule has 0 saturated heterocycles. The first kappa shape index (κ1) is 29.0. The van der Waals surface area contributed by atoms with Gasteiger partial charge in [0.15, 0.2) is 0 Å². The summed E-state index contributed by atoms with van der Waals surface area (Å²) in [5.41, 5.74) is 2.63. The molecule has 2 N–H and O–H groups in total. The molecule has 4 aromatic rings. The van der Waals surface area contributed by atoms with Gasteiger partial charge < -0.3 is 5.32 Å². The predicted octanol–water partition coefficient (Wildman–Crippen LogP) is 4.69. The molecule has 10 nitrogen and oxygen atoms in total. The van der Waals surface area contributed by atoms with Crippen LogP contribution in [0.2, 0.25) is 5.02 Å². The number of sulfonamides is 2. The number of rotatable bonds is 9. The number of carbonyl (C=O) groups excluding carboxylic acids is 1. The fourth-order valence-electron chi connectivity index (χ4n) is 3.76. The second kappa shape index (κ2) is 11.6. The van der Waals surface area contributed by atoms with Crippen LogP contribution < -0.4 is 14.3 Å². The number of amides is 1. The monoisotopic (exact) mass is 599 g/mol. The maximum Gasteiger partial charge on any atom is 0.264 e. The van der Waals surface area contributed by atoms with Crippen molar-refractivity contribution >= 4 is 54.9 Å². The summed E-state index contributed by atoms with van der Waals surface area (Å²) in [6.07, 6.45) is 0.